The van der Waals surface area contributed by atoms with Gasteiger partial charge in [-0.25, -0.2) is 8.42 Å². The molecular weight excluding hydrogens is 296 g/mol. The van der Waals surface area contributed by atoms with Crippen molar-refractivity contribution < 1.29 is 13.5 Å². The lowest BCUT2D eigenvalue weighted by Gasteiger charge is -2.06. The van der Waals surface area contributed by atoms with Crippen molar-refractivity contribution in [1.82, 2.24) is 0 Å². The van der Waals surface area contributed by atoms with Crippen molar-refractivity contribution in [1.29, 1.82) is 0 Å². The highest BCUT2D eigenvalue weighted by atomic mass is 35.5. The predicted molar refractivity (Wildman–Crippen MR) is 80.1 cm³/mol. The standard InChI is InChI=1S/C15H15ClO3S/c16-15-6-4-12(5-7-15)10-20(18,19)11-14-3-1-2-13(8-14)9-17/h1-8,17H,9-11H2. The van der Waals surface area contributed by atoms with E-state index < -0.39 is 9.84 Å². The summed E-state index contributed by atoms with van der Waals surface area (Å²) >= 11 is 5.77. The highest BCUT2D eigenvalue weighted by Gasteiger charge is 2.13. The van der Waals surface area contributed by atoms with Crippen molar-refractivity contribution in [2.45, 2.75) is 18.1 Å². The van der Waals surface area contributed by atoms with E-state index in [0.29, 0.717) is 21.7 Å². The minimum absolute atomic E-state index is 0.0203. The fourth-order valence-corrected chi connectivity index (χ4v) is 3.57. The van der Waals surface area contributed by atoms with Crippen LogP contribution in [0.25, 0.3) is 0 Å². The quantitative estimate of drug-likeness (QED) is 0.923. The molecule has 0 spiro atoms. The maximum Gasteiger partial charge on any atom is 0.158 e. The van der Waals surface area contributed by atoms with Gasteiger partial charge in [-0.1, -0.05) is 48.0 Å². The number of hydrogen-bond acceptors (Lipinski definition) is 3. The fraction of sp³-hybridized carbons (Fsp3) is 0.200. The van der Waals surface area contributed by atoms with Crippen LogP contribution >= 0.6 is 11.6 Å². The topological polar surface area (TPSA) is 54.4 Å². The summed E-state index contributed by atoms with van der Waals surface area (Å²) in [6, 6.07) is 13.7. The average Bonchev–Trinajstić information content (AvgIpc) is 2.41. The van der Waals surface area contributed by atoms with Crippen LogP contribution in [0, 0.1) is 0 Å². The number of benzene rings is 2. The first kappa shape index (κ1) is 15.0. The highest BCUT2D eigenvalue weighted by molar-refractivity contribution is 7.89. The zero-order chi connectivity index (χ0) is 14.6. The monoisotopic (exact) mass is 310 g/mol. The van der Waals surface area contributed by atoms with E-state index in [1.165, 1.54) is 0 Å². The lowest BCUT2D eigenvalue weighted by Crippen LogP contribution is -2.07. The van der Waals surface area contributed by atoms with Crippen LogP contribution in [0.3, 0.4) is 0 Å². The van der Waals surface area contributed by atoms with Gasteiger partial charge < -0.3 is 5.11 Å². The van der Waals surface area contributed by atoms with Crippen LogP contribution in [0.5, 0.6) is 0 Å². The number of sulfone groups is 1. The molecule has 0 heterocycles. The van der Waals surface area contributed by atoms with E-state index in [-0.39, 0.29) is 18.1 Å². The summed E-state index contributed by atoms with van der Waals surface area (Å²) in [6.45, 7) is -0.0922. The molecule has 2 aromatic rings. The Kier molecular flexibility index (Phi) is 4.81. The number of halogens is 1. The molecule has 0 unspecified atom stereocenters. The van der Waals surface area contributed by atoms with Gasteiger partial charge in [0.25, 0.3) is 0 Å². The predicted octanol–water partition coefficient (Wildman–Crippen LogP) is 2.95. The third-order valence-corrected chi connectivity index (χ3v) is 4.66. The van der Waals surface area contributed by atoms with E-state index >= 15 is 0 Å². The van der Waals surface area contributed by atoms with Gasteiger partial charge in [-0.3, -0.25) is 0 Å². The Labute approximate surface area is 123 Å². The van der Waals surface area contributed by atoms with E-state index in [9.17, 15) is 8.42 Å². The lowest BCUT2D eigenvalue weighted by atomic mass is 10.1. The molecule has 1 N–H and O–H groups in total. The van der Waals surface area contributed by atoms with E-state index in [1.54, 1.807) is 48.5 Å². The molecule has 0 saturated heterocycles. The summed E-state index contributed by atoms with van der Waals surface area (Å²) in [4.78, 5) is 0. The highest BCUT2D eigenvalue weighted by Crippen LogP contribution is 2.16. The smallest absolute Gasteiger partial charge is 0.158 e. The van der Waals surface area contributed by atoms with Gasteiger partial charge in [-0.2, -0.15) is 0 Å². The Morgan fingerprint density at radius 2 is 1.50 bits per heavy atom. The van der Waals surface area contributed by atoms with Crippen molar-refractivity contribution in [3.05, 3.63) is 70.2 Å². The van der Waals surface area contributed by atoms with Gasteiger partial charge in [0.2, 0.25) is 0 Å². The SMILES string of the molecule is O=S(=O)(Cc1ccc(Cl)cc1)Cc1cccc(CO)c1. The minimum Gasteiger partial charge on any atom is -0.392 e. The molecule has 0 atom stereocenters. The average molecular weight is 311 g/mol. The second kappa shape index (κ2) is 6.39. The van der Waals surface area contributed by atoms with E-state index in [0.717, 1.165) is 0 Å². The number of aliphatic hydroxyl groups is 1. The Bertz CT molecular complexity index is 679. The van der Waals surface area contributed by atoms with Crippen LogP contribution in [0.15, 0.2) is 48.5 Å². The van der Waals surface area contributed by atoms with Gasteiger partial charge >= 0.3 is 0 Å². The van der Waals surface area contributed by atoms with E-state index in [4.69, 9.17) is 16.7 Å². The van der Waals surface area contributed by atoms with Crippen LogP contribution < -0.4 is 0 Å². The molecular formula is C15H15ClO3S. The molecule has 0 radical (unpaired) electrons. The summed E-state index contributed by atoms with van der Waals surface area (Å²) in [5.41, 5.74) is 2.11. The van der Waals surface area contributed by atoms with Crippen LogP contribution in [0.4, 0.5) is 0 Å². The molecule has 0 aliphatic rings. The summed E-state index contributed by atoms with van der Waals surface area (Å²) in [5.74, 6) is -0.0585. The van der Waals surface area contributed by atoms with Crippen molar-refractivity contribution in [3.8, 4) is 0 Å². The lowest BCUT2D eigenvalue weighted by molar-refractivity contribution is 0.282. The maximum absolute atomic E-state index is 12.2. The number of hydrogen-bond donors (Lipinski definition) is 1. The number of rotatable bonds is 5. The Balaban J connectivity index is 2.12. The third-order valence-electron chi connectivity index (χ3n) is 2.86. The molecule has 3 nitrogen and oxygen atoms in total. The fourth-order valence-electron chi connectivity index (χ4n) is 1.96. The van der Waals surface area contributed by atoms with Crippen LogP contribution in [-0.4, -0.2) is 13.5 Å². The summed E-state index contributed by atoms with van der Waals surface area (Å²) in [7, 11) is -3.25. The Morgan fingerprint density at radius 3 is 2.15 bits per heavy atom. The molecule has 0 amide bonds. The molecule has 5 heteroatoms. The second-order valence-corrected chi connectivity index (χ2v) is 7.14. The summed E-state index contributed by atoms with van der Waals surface area (Å²) in [5, 5.41) is 9.64. The van der Waals surface area contributed by atoms with Crippen LogP contribution in [0.2, 0.25) is 5.02 Å². The van der Waals surface area contributed by atoms with Crippen molar-refractivity contribution in [3.63, 3.8) is 0 Å². The Hall–Kier alpha value is -1.36. The van der Waals surface area contributed by atoms with Gasteiger partial charge in [-0.15, -0.1) is 0 Å². The first-order valence-electron chi connectivity index (χ1n) is 6.12. The summed E-state index contributed by atoms with van der Waals surface area (Å²) in [6.07, 6.45) is 0. The first-order chi connectivity index (χ1) is 9.48. The van der Waals surface area contributed by atoms with Gasteiger partial charge in [0.15, 0.2) is 9.84 Å². The van der Waals surface area contributed by atoms with E-state index in [2.05, 4.69) is 0 Å². The molecule has 2 aromatic carbocycles. The van der Waals surface area contributed by atoms with Crippen LogP contribution in [0.1, 0.15) is 16.7 Å². The second-order valence-electron chi connectivity index (χ2n) is 4.64. The zero-order valence-electron chi connectivity index (χ0n) is 10.8. The molecule has 2 rings (SSSR count). The van der Waals surface area contributed by atoms with Gasteiger partial charge in [0.1, 0.15) is 0 Å². The molecule has 0 aliphatic heterocycles. The van der Waals surface area contributed by atoms with Crippen LogP contribution in [-0.2, 0) is 27.9 Å². The molecule has 0 aromatic heterocycles. The molecule has 0 fully saturated rings. The van der Waals surface area contributed by atoms with Gasteiger partial charge in [0, 0.05) is 5.02 Å². The maximum atomic E-state index is 12.2. The van der Waals surface area contributed by atoms with Crippen molar-refractivity contribution in [2.75, 3.05) is 0 Å². The first-order valence-corrected chi connectivity index (χ1v) is 8.32. The number of aliphatic hydroxyl groups excluding tert-OH is 1. The van der Waals surface area contributed by atoms with Gasteiger partial charge in [0.05, 0.1) is 18.1 Å². The molecule has 20 heavy (non-hydrogen) atoms. The minimum atomic E-state index is -3.25. The van der Waals surface area contributed by atoms with Crippen molar-refractivity contribution in [2.24, 2.45) is 0 Å². The zero-order valence-corrected chi connectivity index (χ0v) is 12.4. The third kappa shape index (κ3) is 4.34. The van der Waals surface area contributed by atoms with Gasteiger partial charge in [-0.05, 0) is 28.8 Å². The molecule has 0 bridgehead atoms. The molecule has 0 saturated carbocycles. The van der Waals surface area contributed by atoms with E-state index in [1.807, 2.05) is 0 Å². The molecule has 0 aliphatic carbocycles. The van der Waals surface area contributed by atoms with Crippen molar-refractivity contribution >= 4 is 21.4 Å². The summed E-state index contributed by atoms with van der Waals surface area (Å²) < 4.78 is 24.3. The largest absolute Gasteiger partial charge is 0.392 e. The molecule has 106 valence electrons. The normalized spacial score (nSPS) is 11.5. The Morgan fingerprint density at radius 1 is 0.900 bits per heavy atom.